The number of nitrogens with one attached hydrogen (secondary N) is 1. The number of fused-ring (bicyclic) bond motifs is 2. The third-order valence-electron chi connectivity index (χ3n) is 7.95. The van der Waals surface area contributed by atoms with Crippen molar-refractivity contribution in [1.82, 2.24) is 19.2 Å². The molecule has 1 spiro atoms. The van der Waals surface area contributed by atoms with E-state index in [0.717, 1.165) is 18.6 Å². The van der Waals surface area contributed by atoms with E-state index in [2.05, 4.69) is 22.4 Å². The highest BCUT2D eigenvalue weighted by molar-refractivity contribution is 7.89. The summed E-state index contributed by atoms with van der Waals surface area (Å²) < 4.78 is 67.8. The Kier molecular flexibility index (Phi) is 6.85. The molecule has 1 amide bonds. The third-order valence-corrected chi connectivity index (χ3v) is 9.74. The fourth-order valence-electron chi connectivity index (χ4n) is 5.97. The number of imidazole rings is 1. The van der Waals surface area contributed by atoms with Crippen LogP contribution in [0, 0.1) is 5.92 Å². The quantitative estimate of drug-likeness (QED) is 0.504. The predicted octanol–water partition coefficient (Wildman–Crippen LogP) is 4.15. The molecule has 1 unspecified atom stereocenters. The standard InChI is InChI=1S/C27H29F3N4O3S/c1-33-17-24(32-18-33)38(36,37)34-14-11-26(12-15-34)22(16-20-4-2-3-5-23(20)26)10-13-31-25(35)19-6-8-21(9-7-19)27(28,29)30/h2-9,17-18,22H,10-16H2,1H3,(H,31,35). The minimum absolute atomic E-state index is 0.0466. The second-order valence-electron chi connectivity index (χ2n) is 10.1. The summed E-state index contributed by atoms with van der Waals surface area (Å²) in [7, 11) is -1.95. The lowest BCUT2D eigenvalue weighted by Gasteiger charge is -2.43. The van der Waals surface area contributed by atoms with Gasteiger partial charge in [0.05, 0.1) is 11.9 Å². The van der Waals surface area contributed by atoms with E-state index in [0.29, 0.717) is 38.9 Å². The van der Waals surface area contributed by atoms with Crippen LogP contribution in [0.4, 0.5) is 13.2 Å². The van der Waals surface area contributed by atoms with Gasteiger partial charge in [0.25, 0.3) is 15.9 Å². The molecule has 1 atom stereocenters. The molecule has 1 aliphatic carbocycles. The number of alkyl halides is 3. The summed E-state index contributed by atoms with van der Waals surface area (Å²) in [6.07, 6.45) is 1.36. The van der Waals surface area contributed by atoms with Crippen molar-refractivity contribution in [3.63, 3.8) is 0 Å². The van der Waals surface area contributed by atoms with Gasteiger partial charge in [0.15, 0.2) is 5.03 Å². The molecule has 2 aliphatic rings. The predicted molar refractivity (Wildman–Crippen MR) is 135 cm³/mol. The van der Waals surface area contributed by atoms with Gasteiger partial charge in [0.1, 0.15) is 0 Å². The SMILES string of the molecule is Cn1cnc(S(=O)(=O)N2CCC3(CC2)c2ccccc2CC3CCNC(=O)c2ccc(C(F)(F)F)cc2)c1. The summed E-state index contributed by atoms with van der Waals surface area (Å²) in [6.45, 7) is 1.12. The van der Waals surface area contributed by atoms with Crippen molar-refractivity contribution in [3.05, 3.63) is 83.3 Å². The highest BCUT2D eigenvalue weighted by Gasteiger charge is 2.49. The van der Waals surface area contributed by atoms with E-state index in [1.807, 2.05) is 12.1 Å². The normalized spacial score (nSPS) is 19.4. The van der Waals surface area contributed by atoms with Gasteiger partial charge in [-0.25, -0.2) is 13.4 Å². The van der Waals surface area contributed by atoms with Crippen LogP contribution in [-0.4, -0.2) is 47.8 Å². The molecule has 202 valence electrons. The first-order chi connectivity index (χ1) is 18.0. The molecular formula is C27H29F3N4O3S. The highest BCUT2D eigenvalue weighted by atomic mass is 32.2. The number of amides is 1. The van der Waals surface area contributed by atoms with E-state index in [9.17, 15) is 26.4 Å². The summed E-state index contributed by atoms with van der Waals surface area (Å²) in [6, 6.07) is 12.4. The zero-order valence-corrected chi connectivity index (χ0v) is 21.7. The summed E-state index contributed by atoms with van der Waals surface area (Å²) in [5, 5.41) is 2.90. The van der Waals surface area contributed by atoms with Gasteiger partial charge in [0, 0.05) is 43.9 Å². The Hall–Kier alpha value is -3.18. The Bertz CT molecular complexity index is 1430. The van der Waals surface area contributed by atoms with Crippen LogP contribution in [0.3, 0.4) is 0 Å². The van der Waals surface area contributed by atoms with E-state index >= 15 is 0 Å². The molecule has 7 nitrogen and oxygen atoms in total. The molecule has 0 radical (unpaired) electrons. The largest absolute Gasteiger partial charge is 0.416 e. The molecule has 1 aliphatic heterocycles. The lowest BCUT2D eigenvalue weighted by molar-refractivity contribution is -0.137. The van der Waals surface area contributed by atoms with Crippen molar-refractivity contribution in [3.8, 4) is 0 Å². The number of carbonyl (C=O) groups excluding carboxylic acids is 1. The molecule has 1 N–H and O–H groups in total. The number of piperidine rings is 1. The van der Waals surface area contributed by atoms with Crippen molar-refractivity contribution in [2.75, 3.05) is 19.6 Å². The minimum atomic E-state index is -4.45. The minimum Gasteiger partial charge on any atom is -0.352 e. The van der Waals surface area contributed by atoms with Crippen LogP contribution in [0.25, 0.3) is 0 Å². The Morgan fingerprint density at radius 1 is 1.11 bits per heavy atom. The van der Waals surface area contributed by atoms with Crippen molar-refractivity contribution in [2.45, 2.75) is 42.3 Å². The van der Waals surface area contributed by atoms with Gasteiger partial charge in [-0.2, -0.15) is 17.5 Å². The monoisotopic (exact) mass is 546 g/mol. The third kappa shape index (κ3) is 4.84. The van der Waals surface area contributed by atoms with E-state index in [1.165, 1.54) is 40.1 Å². The van der Waals surface area contributed by atoms with Crippen molar-refractivity contribution < 1.29 is 26.4 Å². The number of benzene rings is 2. The zero-order valence-electron chi connectivity index (χ0n) is 20.9. The molecule has 1 aromatic heterocycles. The van der Waals surface area contributed by atoms with E-state index in [1.54, 1.807) is 11.6 Å². The van der Waals surface area contributed by atoms with Gasteiger partial charge in [-0.3, -0.25) is 4.79 Å². The molecular weight excluding hydrogens is 517 g/mol. The summed E-state index contributed by atoms with van der Waals surface area (Å²) >= 11 is 0. The van der Waals surface area contributed by atoms with Crippen LogP contribution < -0.4 is 5.32 Å². The summed E-state index contributed by atoms with van der Waals surface area (Å²) in [4.78, 5) is 16.6. The van der Waals surface area contributed by atoms with Crippen LogP contribution in [0.1, 0.15) is 46.3 Å². The summed E-state index contributed by atoms with van der Waals surface area (Å²) in [5.74, 6) is -0.216. The van der Waals surface area contributed by atoms with E-state index in [-0.39, 0.29) is 21.9 Å². The Balaban J connectivity index is 1.27. The molecule has 2 aromatic carbocycles. The van der Waals surface area contributed by atoms with Gasteiger partial charge in [-0.1, -0.05) is 24.3 Å². The van der Waals surface area contributed by atoms with Crippen molar-refractivity contribution in [2.24, 2.45) is 13.0 Å². The lowest BCUT2D eigenvalue weighted by Crippen LogP contribution is -2.47. The number of aryl methyl sites for hydroxylation is 1. The van der Waals surface area contributed by atoms with Gasteiger partial charge in [-0.15, -0.1) is 0 Å². The molecule has 1 saturated heterocycles. The van der Waals surface area contributed by atoms with Gasteiger partial charge in [-0.05, 0) is 67.0 Å². The molecule has 1 fully saturated rings. The number of hydrogen-bond acceptors (Lipinski definition) is 4. The maximum atomic E-state index is 13.1. The second-order valence-corrected chi connectivity index (χ2v) is 12.0. The van der Waals surface area contributed by atoms with Crippen LogP contribution in [-0.2, 0) is 35.1 Å². The van der Waals surface area contributed by atoms with Crippen LogP contribution >= 0.6 is 0 Å². The first kappa shape index (κ1) is 26.4. The zero-order chi connectivity index (χ0) is 27.1. The smallest absolute Gasteiger partial charge is 0.352 e. The number of nitrogens with zero attached hydrogens (tertiary/aromatic N) is 3. The molecule has 11 heteroatoms. The Morgan fingerprint density at radius 3 is 2.42 bits per heavy atom. The number of hydrogen-bond donors (Lipinski definition) is 1. The molecule has 3 aromatic rings. The number of aromatic nitrogens is 2. The van der Waals surface area contributed by atoms with Crippen LogP contribution in [0.5, 0.6) is 0 Å². The number of sulfonamides is 1. The van der Waals surface area contributed by atoms with Crippen LogP contribution in [0.2, 0.25) is 0 Å². The van der Waals surface area contributed by atoms with E-state index in [4.69, 9.17) is 0 Å². The first-order valence-corrected chi connectivity index (χ1v) is 14.0. The number of rotatable bonds is 6. The lowest BCUT2D eigenvalue weighted by atomic mass is 9.67. The Morgan fingerprint density at radius 2 is 1.79 bits per heavy atom. The molecule has 0 saturated carbocycles. The molecule has 38 heavy (non-hydrogen) atoms. The number of carbonyl (C=O) groups is 1. The molecule has 2 heterocycles. The van der Waals surface area contributed by atoms with Crippen LogP contribution in [0.15, 0.2) is 66.1 Å². The van der Waals surface area contributed by atoms with Crippen molar-refractivity contribution in [1.29, 1.82) is 0 Å². The molecule has 0 bridgehead atoms. The summed E-state index contributed by atoms with van der Waals surface area (Å²) in [5.41, 5.74) is 1.67. The fraction of sp³-hybridized carbons (Fsp3) is 0.407. The molecule has 5 rings (SSSR count). The number of halogens is 3. The Labute approximate surface area is 219 Å². The fourth-order valence-corrected chi connectivity index (χ4v) is 7.38. The first-order valence-electron chi connectivity index (χ1n) is 12.5. The highest BCUT2D eigenvalue weighted by Crippen LogP contribution is 2.51. The van der Waals surface area contributed by atoms with Gasteiger partial charge < -0.3 is 9.88 Å². The maximum Gasteiger partial charge on any atom is 0.416 e. The van der Waals surface area contributed by atoms with E-state index < -0.39 is 27.7 Å². The maximum absolute atomic E-state index is 13.1. The average molecular weight is 547 g/mol. The second kappa shape index (κ2) is 9.85. The average Bonchev–Trinajstić information content (AvgIpc) is 3.46. The topological polar surface area (TPSA) is 84.3 Å². The van der Waals surface area contributed by atoms with Gasteiger partial charge >= 0.3 is 6.18 Å². The van der Waals surface area contributed by atoms with Gasteiger partial charge in [0.2, 0.25) is 0 Å². The van der Waals surface area contributed by atoms with Crippen molar-refractivity contribution >= 4 is 15.9 Å².